The summed E-state index contributed by atoms with van der Waals surface area (Å²) in [5.74, 6) is -5.44. The number of imide groups is 2. The highest BCUT2D eigenvalue weighted by molar-refractivity contribution is 6.32. The number of hydrogen-bond acceptors (Lipinski definition) is 6. The van der Waals surface area contributed by atoms with Gasteiger partial charge in [0.2, 0.25) is 23.6 Å². The molecule has 3 fully saturated rings. The first-order valence-electron chi connectivity index (χ1n) is 16.0. The Labute approximate surface area is 276 Å². The van der Waals surface area contributed by atoms with E-state index in [4.69, 9.17) is 16.3 Å². The monoisotopic (exact) mass is 656 g/mol. The average molecular weight is 657 g/mol. The number of aromatic hydroxyl groups is 1. The summed E-state index contributed by atoms with van der Waals surface area (Å²) in [5.41, 5.74) is 1.89. The number of ether oxygens (including phenoxy) is 1. The molecule has 3 aromatic rings. The van der Waals surface area contributed by atoms with Gasteiger partial charge in [-0.1, -0.05) is 48.4 Å². The van der Waals surface area contributed by atoms with E-state index in [2.05, 4.69) is 0 Å². The van der Waals surface area contributed by atoms with Crippen molar-refractivity contribution in [3.05, 3.63) is 94.3 Å². The Hall–Kier alpha value is -4.50. The fourth-order valence-electron chi connectivity index (χ4n) is 8.38. The van der Waals surface area contributed by atoms with Crippen molar-refractivity contribution in [2.75, 3.05) is 16.4 Å². The molecule has 1 N–H and O–H groups in total. The number of rotatable bonds is 6. The molecule has 1 saturated carbocycles. The summed E-state index contributed by atoms with van der Waals surface area (Å²) in [6.07, 6.45) is 3.27. The lowest BCUT2D eigenvalue weighted by molar-refractivity contribution is -0.131. The standard InChI is InChI=1S/C37H34ClFN2O6/c1-4-19-6-9-21(10-7-19)40-33(43)24-13-12-23-25(31(24)35(40)45)18-26-34(44)41(22-11-14-28(39)27(38)17-22)36(46)37(26,3)32(23)20-8-15-29(42)30(16-20)47-5-2/h6-12,14-17,24-26,31-32,42H,4-5,13,18H2,1-3H3/t24-,25+,26-,31-,32-,37+/m0/s1. The van der Waals surface area contributed by atoms with Crippen LogP contribution in [0.5, 0.6) is 11.5 Å². The predicted molar refractivity (Wildman–Crippen MR) is 174 cm³/mol. The van der Waals surface area contributed by atoms with Gasteiger partial charge in [-0.05, 0) is 92.6 Å². The van der Waals surface area contributed by atoms with E-state index in [-0.39, 0.29) is 40.4 Å². The van der Waals surface area contributed by atoms with Crippen LogP contribution in [0.3, 0.4) is 0 Å². The van der Waals surface area contributed by atoms with E-state index in [1.54, 1.807) is 38.1 Å². The number of phenolic OH excluding ortho intramolecular Hbond substituents is 1. The molecule has 0 radical (unpaired) electrons. The molecule has 2 aliphatic carbocycles. The van der Waals surface area contributed by atoms with Gasteiger partial charge in [-0.2, -0.15) is 0 Å². The summed E-state index contributed by atoms with van der Waals surface area (Å²) in [6, 6.07) is 16.0. The number of amides is 4. The molecule has 3 aromatic carbocycles. The smallest absolute Gasteiger partial charge is 0.241 e. The van der Waals surface area contributed by atoms with Gasteiger partial charge in [-0.3, -0.25) is 24.1 Å². The minimum absolute atomic E-state index is 0.0694. The van der Waals surface area contributed by atoms with E-state index in [0.29, 0.717) is 24.3 Å². The zero-order chi connectivity index (χ0) is 33.4. The third-order valence-electron chi connectivity index (χ3n) is 10.7. The minimum Gasteiger partial charge on any atom is -0.504 e. The van der Waals surface area contributed by atoms with E-state index in [0.717, 1.165) is 28.5 Å². The van der Waals surface area contributed by atoms with Crippen LogP contribution < -0.4 is 14.5 Å². The van der Waals surface area contributed by atoms with Gasteiger partial charge in [0.05, 0.1) is 46.2 Å². The number of aryl methyl sites for hydroxylation is 1. The van der Waals surface area contributed by atoms with E-state index in [1.165, 1.54) is 23.1 Å². The van der Waals surface area contributed by atoms with Crippen LogP contribution in [-0.4, -0.2) is 35.3 Å². The van der Waals surface area contributed by atoms with E-state index < -0.39 is 52.6 Å². The molecule has 47 heavy (non-hydrogen) atoms. The molecule has 4 aliphatic rings. The van der Waals surface area contributed by atoms with Crippen molar-refractivity contribution in [2.24, 2.45) is 29.1 Å². The SMILES string of the molecule is CCOc1cc([C@H]2C3=CC[C@@H]4C(=O)N(c5ccc(CC)cc5)C(=O)[C@@H]4[C@@H]3C[C@H]3C(=O)N(c4ccc(F)c(Cl)c4)C(=O)[C@@]23C)ccc1O. The summed E-state index contributed by atoms with van der Waals surface area (Å²) >= 11 is 6.09. The van der Waals surface area contributed by atoms with E-state index >= 15 is 0 Å². The molecule has 242 valence electrons. The van der Waals surface area contributed by atoms with Crippen molar-refractivity contribution in [3.8, 4) is 11.5 Å². The Morgan fingerprint density at radius 3 is 2.32 bits per heavy atom. The second kappa shape index (κ2) is 11.3. The Bertz CT molecular complexity index is 1870. The molecule has 0 unspecified atom stereocenters. The summed E-state index contributed by atoms with van der Waals surface area (Å²) < 4.78 is 19.8. The number of nitrogens with zero attached hydrogens (tertiary/aromatic N) is 2. The predicted octanol–water partition coefficient (Wildman–Crippen LogP) is 6.58. The maximum Gasteiger partial charge on any atom is 0.241 e. The lowest BCUT2D eigenvalue weighted by Gasteiger charge is -2.49. The minimum atomic E-state index is -1.31. The highest BCUT2D eigenvalue weighted by atomic mass is 35.5. The fourth-order valence-corrected chi connectivity index (χ4v) is 8.56. The van der Waals surface area contributed by atoms with Crippen molar-refractivity contribution in [1.82, 2.24) is 0 Å². The van der Waals surface area contributed by atoms with Crippen molar-refractivity contribution >= 4 is 46.6 Å². The normalized spacial score (nSPS) is 28.3. The number of allylic oxidation sites excluding steroid dienone is 2. The maximum absolute atomic E-state index is 14.6. The first kappa shape index (κ1) is 31.1. The van der Waals surface area contributed by atoms with Gasteiger partial charge in [0.15, 0.2) is 11.5 Å². The van der Waals surface area contributed by atoms with Gasteiger partial charge in [-0.25, -0.2) is 9.29 Å². The Balaban J connectivity index is 1.36. The number of benzene rings is 3. The lowest BCUT2D eigenvalue weighted by Crippen LogP contribution is -2.48. The molecule has 0 spiro atoms. The zero-order valence-electron chi connectivity index (χ0n) is 26.2. The number of carbonyl (C=O) groups is 4. The highest BCUT2D eigenvalue weighted by Gasteiger charge is 2.67. The first-order chi connectivity index (χ1) is 22.5. The van der Waals surface area contributed by atoms with Crippen LogP contribution in [0.25, 0.3) is 0 Å². The molecule has 0 bridgehead atoms. The van der Waals surface area contributed by atoms with Crippen LogP contribution in [-0.2, 0) is 25.6 Å². The lowest BCUT2D eigenvalue weighted by atomic mass is 9.51. The third-order valence-corrected chi connectivity index (χ3v) is 10.9. The topological polar surface area (TPSA) is 104 Å². The molecule has 8 nitrogen and oxygen atoms in total. The van der Waals surface area contributed by atoms with Crippen LogP contribution in [0, 0.1) is 34.9 Å². The first-order valence-corrected chi connectivity index (χ1v) is 16.3. The van der Waals surface area contributed by atoms with Gasteiger partial charge in [-0.15, -0.1) is 0 Å². The fraction of sp³-hybridized carbons (Fsp3) is 0.351. The van der Waals surface area contributed by atoms with Gasteiger partial charge in [0, 0.05) is 5.92 Å². The zero-order valence-corrected chi connectivity index (χ0v) is 27.0. The summed E-state index contributed by atoms with van der Waals surface area (Å²) in [4.78, 5) is 59.4. The number of carbonyl (C=O) groups excluding carboxylic acids is 4. The second-order valence-corrected chi connectivity index (χ2v) is 13.4. The summed E-state index contributed by atoms with van der Waals surface area (Å²) in [5, 5.41) is 10.3. The van der Waals surface area contributed by atoms with E-state index in [1.807, 2.05) is 25.1 Å². The largest absolute Gasteiger partial charge is 0.504 e. The van der Waals surface area contributed by atoms with Crippen LogP contribution in [0.1, 0.15) is 50.7 Å². The Morgan fingerprint density at radius 1 is 0.915 bits per heavy atom. The van der Waals surface area contributed by atoms with E-state index in [9.17, 15) is 28.7 Å². The van der Waals surface area contributed by atoms with Crippen molar-refractivity contribution in [3.63, 3.8) is 0 Å². The highest BCUT2D eigenvalue weighted by Crippen LogP contribution is 2.64. The Kier molecular flexibility index (Phi) is 7.50. The molecule has 2 aliphatic heterocycles. The van der Waals surface area contributed by atoms with Crippen molar-refractivity contribution < 1.29 is 33.4 Å². The number of phenols is 1. The van der Waals surface area contributed by atoms with Crippen LogP contribution in [0.15, 0.2) is 72.3 Å². The van der Waals surface area contributed by atoms with Gasteiger partial charge >= 0.3 is 0 Å². The van der Waals surface area contributed by atoms with Crippen LogP contribution >= 0.6 is 11.6 Å². The van der Waals surface area contributed by atoms with Gasteiger partial charge < -0.3 is 9.84 Å². The summed E-state index contributed by atoms with van der Waals surface area (Å²) in [7, 11) is 0. The van der Waals surface area contributed by atoms with Gasteiger partial charge in [0.25, 0.3) is 0 Å². The Morgan fingerprint density at radius 2 is 1.64 bits per heavy atom. The molecule has 7 rings (SSSR count). The number of hydrogen-bond donors (Lipinski definition) is 1. The molecule has 2 heterocycles. The number of halogens is 2. The number of anilines is 2. The van der Waals surface area contributed by atoms with Crippen molar-refractivity contribution in [1.29, 1.82) is 0 Å². The molecular formula is C37H34ClFN2O6. The molecule has 4 amide bonds. The third kappa shape index (κ3) is 4.53. The van der Waals surface area contributed by atoms with Gasteiger partial charge in [0.1, 0.15) is 5.82 Å². The molecular weight excluding hydrogens is 623 g/mol. The molecule has 10 heteroatoms. The van der Waals surface area contributed by atoms with Crippen molar-refractivity contribution in [2.45, 2.75) is 46.0 Å². The second-order valence-electron chi connectivity index (χ2n) is 13.0. The van der Waals surface area contributed by atoms with Crippen LogP contribution in [0.2, 0.25) is 5.02 Å². The molecule has 0 aromatic heterocycles. The quantitative estimate of drug-likeness (QED) is 0.237. The average Bonchev–Trinajstić information content (AvgIpc) is 3.43. The maximum atomic E-state index is 14.6. The summed E-state index contributed by atoms with van der Waals surface area (Å²) in [6.45, 7) is 5.87. The van der Waals surface area contributed by atoms with Crippen LogP contribution in [0.4, 0.5) is 15.8 Å². The molecule has 2 saturated heterocycles. The number of fused-ring (bicyclic) bond motifs is 4. The molecule has 6 atom stereocenters.